The zero-order valence-corrected chi connectivity index (χ0v) is 26.2. The van der Waals surface area contributed by atoms with Crippen molar-refractivity contribution in [3.05, 3.63) is 145 Å². The standard InChI is InChI=1S/C40H32BNOSi/c1-40(2,3)27-25-32-38-36(26-27)44(29-17-9-5-10-18-29,30-19-11-6-12-20-30)35-24-14-23-34-39(35)42(38)37-31(21-13-22-33(37)43-34)41(32)28-15-7-4-8-16-28/h4-26H,1-3H3. The summed E-state index contributed by atoms with van der Waals surface area (Å²) >= 11 is 0. The third-order valence-electron chi connectivity index (χ3n) is 9.90. The van der Waals surface area contributed by atoms with Gasteiger partial charge in [0.15, 0.2) is 19.6 Å². The Morgan fingerprint density at radius 3 is 1.77 bits per heavy atom. The zero-order chi connectivity index (χ0) is 29.6. The highest BCUT2D eigenvalue weighted by Crippen LogP contribution is 2.52. The van der Waals surface area contributed by atoms with Crippen molar-refractivity contribution >= 4 is 69.0 Å². The maximum absolute atomic E-state index is 6.86. The summed E-state index contributed by atoms with van der Waals surface area (Å²) in [7, 11) is -2.82. The lowest BCUT2D eigenvalue weighted by Gasteiger charge is -2.51. The van der Waals surface area contributed by atoms with Crippen LogP contribution in [0.5, 0.6) is 11.5 Å². The van der Waals surface area contributed by atoms with Crippen LogP contribution in [-0.4, -0.2) is 14.8 Å². The predicted octanol–water partition coefficient (Wildman–Crippen LogP) is 5.08. The molecule has 0 unspecified atom stereocenters. The number of benzene rings is 6. The minimum atomic E-state index is -2.82. The predicted molar refractivity (Wildman–Crippen MR) is 188 cm³/mol. The molecule has 3 aliphatic rings. The van der Waals surface area contributed by atoms with Crippen molar-refractivity contribution in [2.24, 2.45) is 0 Å². The van der Waals surface area contributed by atoms with Crippen LogP contribution in [0.2, 0.25) is 0 Å². The van der Waals surface area contributed by atoms with Gasteiger partial charge in [-0.05, 0) is 54.8 Å². The minimum absolute atomic E-state index is 0.0322. The van der Waals surface area contributed by atoms with Crippen LogP contribution in [-0.2, 0) is 5.41 Å². The first-order valence-corrected chi connectivity index (χ1v) is 17.6. The van der Waals surface area contributed by atoms with Crippen molar-refractivity contribution in [3.63, 3.8) is 0 Å². The van der Waals surface area contributed by atoms with Crippen LogP contribution in [0, 0.1) is 0 Å². The molecule has 3 heterocycles. The van der Waals surface area contributed by atoms with Crippen molar-refractivity contribution in [2.45, 2.75) is 26.2 Å². The summed E-state index contributed by atoms with van der Waals surface area (Å²) in [6.45, 7) is 7.15. The van der Waals surface area contributed by atoms with Gasteiger partial charge in [-0.2, -0.15) is 0 Å². The van der Waals surface area contributed by atoms with Crippen LogP contribution < -0.4 is 46.8 Å². The van der Waals surface area contributed by atoms with Crippen molar-refractivity contribution in [3.8, 4) is 11.5 Å². The summed E-state index contributed by atoms with van der Waals surface area (Å²) in [6, 6.07) is 52.1. The summed E-state index contributed by atoms with van der Waals surface area (Å²) in [5.74, 6) is 1.86. The van der Waals surface area contributed by atoms with Gasteiger partial charge in [-0.25, -0.2) is 0 Å². The van der Waals surface area contributed by atoms with Gasteiger partial charge in [-0.3, -0.25) is 0 Å². The molecule has 0 aromatic heterocycles. The van der Waals surface area contributed by atoms with Crippen LogP contribution in [0.3, 0.4) is 0 Å². The molecule has 0 aliphatic carbocycles. The molecule has 6 aromatic carbocycles. The Balaban J connectivity index is 1.53. The second kappa shape index (κ2) is 9.11. The fourth-order valence-electron chi connectivity index (χ4n) is 8.01. The van der Waals surface area contributed by atoms with Crippen molar-refractivity contribution in [1.82, 2.24) is 0 Å². The van der Waals surface area contributed by atoms with Gasteiger partial charge in [0.1, 0.15) is 0 Å². The molecular weight excluding hydrogens is 549 g/mol. The molecule has 0 spiro atoms. The molecule has 2 nitrogen and oxygen atoms in total. The van der Waals surface area contributed by atoms with Crippen molar-refractivity contribution < 1.29 is 4.74 Å². The molecule has 0 fully saturated rings. The molecule has 9 rings (SSSR count). The molecule has 4 heteroatoms. The number of anilines is 3. The highest BCUT2D eigenvalue weighted by molar-refractivity contribution is 7.22. The molecule has 0 saturated carbocycles. The van der Waals surface area contributed by atoms with Crippen LogP contribution in [0.1, 0.15) is 26.3 Å². The molecule has 210 valence electrons. The largest absolute Gasteiger partial charge is 0.453 e. The SMILES string of the molecule is CC(C)(C)c1cc2c3c(c1)[Si](c1ccccc1)(c1ccccc1)c1cccc4c1N3c1c(cccc1B2c1ccccc1)O4. The second-order valence-electron chi connectivity index (χ2n) is 13.3. The van der Waals surface area contributed by atoms with E-state index in [4.69, 9.17) is 4.74 Å². The number of nitrogens with zero attached hydrogens (tertiary/aromatic N) is 1. The molecule has 44 heavy (non-hydrogen) atoms. The van der Waals surface area contributed by atoms with Crippen molar-refractivity contribution in [1.29, 1.82) is 0 Å². The Hall–Kier alpha value is -4.80. The lowest BCUT2D eigenvalue weighted by Crippen LogP contribution is -2.79. The van der Waals surface area contributed by atoms with E-state index in [1.807, 2.05) is 0 Å². The van der Waals surface area contributed by atoms with E-state index in [9.17, 15) is 0 Å². The van der Waals surface area contributed by atoms with E-state index in [-0.39, 0.29) is 12.1 Å². The average Bonchev–Trinajstić information content (AvgIpc) is 3.06. The van der Waals surface area contributed by atoms with Gasteiger partial charge in [0.25, 0.3) is 0 Å². The maximum Gasteiger partial charge on any atom is 0.246 e. The molecule has 0 amide bonds. The lowest BCUT2D eigenvalue weighted by molar-refractivity contribution is 0.478. The topological polar surface area (TPSA) is 12.5 Å². The molecule has 6 aromatic rings. The summed E-state index contributed by atoms with van der Waals surface area (Å²) in [5, 5.41) is 5.64. The molecule has 0 radical (unpaired) electrons. The van der Waals surface area contributed by atoms with Gasteiger partial charge in [0, 0.05) is 5.69 Å². The van der Waals surface area contributed by atoms with E-state index in [1.165, 1.54) is 59.8 Å². The molecular formula is C40H32BNOSi. The Bertz CT molecular complexity index is 2050. The molecule has 3 aliphatic heterocycles. The lowest BCUT2D eigenvalue weighted by atomic mass is 9.35. The van der Waals surface area contributed by atoms with E-state index in [2.05, 4.69) is 165 Å². The Labute approximate surface area is 260 Å². The molecule has 0 atom stereocenters. The van der Waals surface area contributed by atoms with E-state index in [1.54, 1.807) is 0 Å². The average molecular weight is 582 g/mol. The van der Waals surface area contributed by atoms with Gasteiger partial charge in [0.2, 0.25) is 6.71 Å². The van der Waals surface area contributed by atoms with Crippen LogP contribution in [0.15, 0.2) is 140 Å². The Kier molecular flexibility index (Phi) is 5.31. The first kappa shape index (κ1) is 25.7. The highest BCUT2D eigenvalue weighted by Gasteiger charge is 2.54. The number of rotatable bonds is 3. The smallest absolute Gasteiger partial charge is 0.246 e. The van der Waals surface area contributed by atoms with E-state index in [0.29, 0.717) is 0 Å². The van der Waals surface area contributed by atoms with E-state index < -0.39 is 8.07 Å². The molecule has 0 N–H and O–H groups in total. The number of ether oxygens (including phenoxy) is 1. The quantitative estimate of drug-likeness (QED) is 0.270. The highest BCUT2D eigenvalue weighted by atomic mass is 28.3. The summed E-state index contributed by atoms with van der Waals surface area (Å²) in [4.78, 5) is 2.58. The Morgan fingerprint density at radius 1 is 0.545 bits per heavy atom. The van der Waals surface area contributed by atoms with Gasteiger partial charge in [-0.15, -0.1) is 0 Å². The van der Waals surface area contributed by atoms with Gasteiger partial charge < -0.3 is 9.64 Å². The van der Waals surface area contributed by atoms with E-state index >= 15 is 0 Å². The zero-order valence-electron chi connectivity index (χ0n) is 25.2. The van der Waals surface area contributed by atoms with Gasteiger partial charge >= 0.3 is 0 Å². The number of hydrogen-bond acceptors (Lipinski definition) is 2. The normalized spacial score (nSPS) is 15.0. The van der Waals surface area contributed by atoms with Crippen LogP contribution in [0.25, 0.3) is 0 Å². The maximum atomic E-state index is 6.86. The summed E-state index contributed by atoms with van der Waals surface area (Å²) in [5.41, 5.74) is 9.07. The third-order valence-corrected chi connectivity index (χ3v) is 14.7. The van der Waals surface area contributed by atoms with Gasteiger partial charge in [0.05, 0.1) is 11.4 Å². The number of hydrogen-bond donors (Lipinski definition) is 0. The first-order chi connectivity index (χ1) is 21.5. The fraction of sp³-hybridized carbons (Fsp3) is 0.100. The Morgan fingerprint density at radius 2 is 1.14 bits per heavy atom. The number of para-hydroxylation sites is 2. The fourth-order valence-corrected chi connectivity index (χ4v) is 13.2. The monoisotopic (exact) mass is 581 g/mol. The van der Waals surface area contributed by atoms with Crippen molar-refractivity contribution in [2.75, 3.05) is 4.90 Å². The van der Waals surface area contributed by atoms with Gasteiger partial charge in [-0.1, -0.05) is 154 Å². The second-order valence-corrected chi connectivity index (χ2v) is 17.1. The van der Waals surface area contributed by atoms with Crippen LogP contribution in [0.4, 0.5) is 17.1 Å². The molecule has 0 saturated heterocycles. The van der Waals surface area contributed by atoms with Crippen LogP contribution >= 0.6 is 0 Å². The minimum Gasteiger partial charge on any atom is -0.453 e. The first-order valence-electron chi connectivity index (χ1n) is 15.6. The summed E-state index contributed by atoms with van der Waals surface area (Å²) in [6.07, 6.45) is 0. The summed E-state index contributed by atoms with van der Waals surface area (Å²) < 4.78 is 6.86. The van der Waals surface area contributed by atoms with E-state index in [0.717, 1.165) is 11.5 Å². The third kappa shape index (κ3) is 3.32. The molecule has 0 bridgehead atoms.